The third-order valence-corrected chi connectivity index (χ3v) is 6.39. The first-order valence-electron chi connectivity index (χ1n) is 8.80. The molecule has 0 aromatic heterocycles. The second kappa shape index (κ2) is 5.30. The van der Waals surface area contributed by atoms with Crippen LogP contribution in [0.4, 0.5) is 0 Å². The van der Waals surface area contributed by atoms with Gasteiger partial charge in [-0.05, 0) is 51.9 Å². The van der Waals surface area contributed by atoms with E-state index in [2.05, 4.69) is 13.0 Å². The molecule has 6 atom stereocenters. The van der Waals surface area contributed by atoms with Gasteiger partial charge in [-0.25, -0.2) is 0 Å². The maximum Gasteiger partial charge on any atom is 0.101 e. The summed E-state index contributed by atoms with van der Waals surface area (Å²) in [6, 6.07) is 0. The molecule has 4 heteroatoms. The molecule has 4 fully saturated rings. The van der Waals surface area contributed by atoms with Crippen LogP contribution in [0.25, 0.3) is 0 Å². The summed E-state index contributed by atoms with van der Waals surface area (Å²) >= 11 is 0. The zero-order valence-electron chi connectivity index (χ0n) is 13.7. The van der Waals surface area contributed by atoms with Gasteiger partial charge in [-0.3, -0.25) is 0 Å². The Labute approximate surface area is 132 Å². The van der Waals surface area contributed by atoms with Crippen molar-refractivity contribution in [3.8, 4) is 0 Å². The van der Waals surface area contributed by atoms with Gasteiger partial charge in [0, 0.05) is 7.11 Å². The highest BCUT2D eigenvalue weighted by Gasteiger charge is 2.71. The first kappa shape index (κ1) is 15.1. The van der Waals surface area contributed by atoms with Crippen LogP contribution in [-0.2, 0) is 14.2 Å². The minimum Gasteiger partial charge on any atom is -0.390 e. The quantitative estimate of drug-likeness (QED) is 0.641. The second-order valence-electron chi connectivity index (χ2n) is 7.73. The molecule has 0 unspecified atom stereocenters. The summed E-state index contributed by atoms with van der Waals surface area (Å²) in [6.07, 6.45) is 9.94. The smallest absolute Gasteiger partial charge is 0.101 e. The van der Waals surface area contributed by atoms with Crippen molar-refractivity contribution in [2.75, 3.05) is 13.7 Å². The average Bonchev–Trinajstić information content (AvgIpc) is 3.35. The van der Waals surface area contributed by atoms with E-state index < -0.39 is 6.10 Å². The molecule has 2 aliphatic carbocycles. The summed E-state index contributed by atoms with van der Waals surface area (Å²) in [5.74, 6) is 0.140. The predicted octanol–water partition coefficient (Wildman–Crippen LogP) is 2.59. The van der Waals surface area contributed by atoms with Crippen LogP contribution in [0.5, 0.6) is 0 Å². The van der Waals surface area contributed by atoms with E-state index in [-0.39, 0.29) is 29.3 Å². The van der Waals surface area contributed by atoms with E-state index in [0.29, 0.717) is 0 Å². The number of hydrogen-bond acceptors (Lipinski definition) is 4. The molecule has 0 aromatic carbocycles. The molecular weight excluding hydrogens is 280 g/mol. The Morgan fingerprint density at radius 3 is 2.73 bits per heavy atom. The Hall–Kier alpha value is -0.420. The van der Waals surface area contributed by atoms with Gasteiger partial charge < -0.3 is 19.3 Å². The number of epoxide rings is 2. The fraction of sp³-hybridized carbons (Fsp3) is 0.889. The van der Waals surface area contributed by atoms with Crippen LogP contribution in [0.15, 0.2) is 11.6 Å². The van der Waals surface area contributed by atoms with Crippen LogP contribution in [0.2, 0.25) is 0 Å². The number of rotatable bonds is 4. The van der Waals surface area contributed by atoms with Crippen molar-refractivity contribution in [1.29, 1.82) is 0 Å². The number of ether oxygens (including phenoxy) is 3. The summed E-state index contributed by atoms with van der Waals surface area (Å²) < 4.78 is 17.6. The van der Waals surface area contributed by atoms with Crippen molar-refractivity contribution < 1.29 is 19.3 Å². The van der Waals surface area contributed by atoms with Crippen LogP contribution in [-0.4, -0.2) is 48.3 Å². The molecule has 4 nitrogen and oxygen atoms in total. The van der Waals surface area contributed by atoms with Gasteiger partial charge in [0.2, 0.25) is 0 Å². The predicted molar refractivity (Wildman–Crippen MR) is 82.7 cm³/mol. The molecule has 124 valence electrons. The molecule has 0 amide bonds. The number of allylic oxidation sites excluding steroid dienone is 1. The second-order valence-corrected chi connectivity index (χ2v) is 7.73. The number of methoxy groups -OCH3 is 1. The Bertz CT molecular complexity index is 462. The lowest BCUT2D eigenvalue weighted by Crippen LogP contribution is -2.54. The molecule has 1 spiro atoms. The molecule has 2 heterocycles. The fourth-order valence-electron chi connectivity index (χ4n) is 4.93. The summed E-state index contributed by atoms with van der Waals surface area (Å²) in [7, 11) is 1.70. The van der Waals surface area contributed by atoms with Gasteiger partial charge in [0.25, 0.3) is 0 Å². The van der Waals surface area contributed by atoms with E-state index in [1.54, 1.807) is 12.7 Å². The normalized spacial score (nSPS) is 50.4. The molecule has 4 aliphatic rings. The molecule has 22 heavy (non-hydrogen) atoms. The first-order chi connectivity index (χ1) is 10.6. The third kappa shape index (κ3) is 2.35. The van der Waals surface area contributed by atoms with Gasteiger partial charge in [0.1, 0.15) is 5.60 Å². The molecule has 0 radical (unpaired) electrons. The highest BCUT2D eigenvalue weighted by Crippen LogP contribution is 2.59. The lowest BCUT2D eigenvalue weighted by molar-refractivity contribution is -0.116. The molecule has 0 bridgehead atoms. The van der Waals surface area contributed by atoms with Crippen molar-refractivity contribution in [2.24, 2.45) is 5.92 Å². The van der Waals surface area contributed by atoms with Gasteiger partial charge in [-0.2, -0.15) is 0 Å². The summed E-state index contributed by atoms with van der Waals surface area (Å²) in [6.45, 7) is 2.97. The highest BCUT2D eigenvalue weighted by molar-refractivity contribution is 5.21. The van der Waals surface area contributed by atoms with Crippen LogP contribution in [0, 0.1) is 5.92 Å². The number of hydrogen-bond donors (Lipinski definition) is 1. The van der Waals surface area contributed by atoms with Crippen molar-refractivity contribution in [3.63, 3.8) is 0 Å². The molecule has 0 aromatic rings. The Morgan fingerprint density at radius 2 is 2.09 bits per heavy atom. The Balaban J connectivity index is 1.48. The lowest BCUT2D eigenvalue weighted by atomic mass is 9.68. The number of aliphatic hydroxyl groups excluding tert-OH is 1. The van der Waals surface area contributed by atoms with E-state index in [9.17, 15) is 5.11 Å². The van der Waals surface area contributed by atoms with E-state index in [1.165, 1.54) is 25.7 Å². The summed E-state index contributed by atoms with van der Waals surface area (Å²) in [5.41, 5.74) is 1.28. The van der Waals surface area contributed by atoms with Gasteiger partial charge in [-0.1, -0.05) is 11.6 Å². The molecule has 2 saturated carbocycles. The van der Waals surface area contributed by atoms with Crippen LogP contribution >= 0.6 is 0 Å². The standard InChI is InChI=1S/C18H28O4/c1-17(14(22-17)8-7-12-5-3-4-6-12)16-15(20-2)13(19)9-10-18(16)11-21-18/h7,13-16,19H,3-6,8-11H2,1-2H3/t13-,14-,15-,16-,17+,18+/m1/s1. The largest absolute Gasteiger partial charge is 0.390 e. The van der Waals surface area contributed by atoms with Crippen molar-refractivity contribution in [2.45, 2.75) is 81.4 Å². The SMILES string of the molecule is CO[C@@H]1[C@H](O)CC[C@]2(CO2)[C@H]1[C@@]1(C)O[C@@H]1CC=C1CCCC1. The molecule has 2 aliphatic heterocycles. The maximum absolute atomic E-state index is 10.3. The zero-order chi connectivity index (χ0) is 15.4. The van der Waals surface area contributed by atoms with Crippen molar-refractivity contribution >= 4 is 0 Å². The van der Waals surface area contributed by atoms with E-state index >= 15 is 0 Å². The highest BCUT2D eigenvalue weighted by atomic mass is 16.6. The summed E-state index contributed by atoms with van der Waals surface area (Å²) in [5, 5.41) is 10.3. The topological polar surface area (TPSA) is 54.5 Å². The van der Waals surface area contributed by atoms with Gasteiger partial charge in [0.05, 0.1) is 36.4 Å². The van der Waals surface area contributed by atoms with Crippen LogP contribution in [0.1, 0.15) is 51.9 Å². The maximum atomic E-state index is 10.3. The molecule has 1 N–H and O–H groups in total. The fourth-order valence-corrected chi connectivity index (χ4v) is 4.93. The minimum absolute atomic E-state index is 0.107. The van der Waals surface area contributed by atoms with E-state index in [1.807, 2.05) is 0 Å². The molecule has 2 saturated heterocycles. The summed E-state index contributed by atoms with van der Waals surface area (Å²) in [4.78, 5) is 0. The van der Waals surface area contributed by atoms with E-state index in [0.717, 1.165) is 25.9 Å². The third-order valence-electron chi connectivity index (χ3n) is 6.39. The van der Waals surface area contributed by atoms with Gasteiger partial charge >= 0.3 is 0 Å². The van der Waals surface area contributed by atoms with Crippen LogP contribution in [0.3, 0.4) is 0 Å². The first-order valence-corrected chi connectivity index (χ1v) is 8.80. The Morgan fingerprint density at radius 1 is 1.36 bits per heavy atom. The van der Waals surface area contributed by atoms with Crippen LogP contribution < -0.4 is 0 Å². The average molecular weight is 308 g/mol. The molecule has 4 rings (SSSR count). The van der Waals surface area contributed by atoms with Crippen molar-refractivity contribution in [3.05, 3.63) is 11.6 Å². The monoisotopic (exact) mass is 308 g/mol. The minimum atomic E-state index is -0.403. The van der Waals surface area contributed by atoms with Gasteiger partial charge in [0.15, 0.2) is 0 Å². The Kier molecular flexibility index (Phi) is 3.65. The lowest BCUT2D eigenvalue weighted by Gasteiger charge is -2.41. The van der Waals surface area contributed by atoms with Crippen molar-refractivity contribution in [1.82, 2.24) is 0 Å². The van der Waals surface area contributed by atoms with Gasteiger partial charge in [-0.15, -0.1) is 0 Å². The van der Waals surface area contributed by atoms with E-state index in [4.69, 9.17) is 14.2 Å². The zero-order valence-corrected chi connectivity index (χ0v) is 13.7. The molecular formula is C18H28O4. The number of aliphatic hydroxyl groups is 1.